The summed E-state index contributed by atoms with van der Waals surface area (Å²) in [5.41, 5.74) is 2.90. The monoisotopic (exact) mass is 287 g/mol. The van der Waals surface area contributed by atoms with Crippen molar-refractivity contribution in [3.8, 4) is 0 Å². The average Bonchev–Trinajstić information content (AvgIpc) is 2.84. The maximum atomic E-state index is 4.39. The summed E-state index contributed by atoms with van der Waals surface area (Å²) in [4.78, 5) is 0. The van der Waals surface area contributed by atoms with E-state index in [1.165, 1.54) is 16.1 Å². The smallest absolute Gasteiger partial charge is 0.125 e. The Bertz CT molecular complexity index is 577. The van der Waals surface area contributed by atoms with Crippen molar-refractivity contribution in [2.24, 2.45) is 5.92 Å². The predicted molar refractivity (Wildman–Crippen MR) is 83.3 cm³/mol. The SMILES string of the molecule is CC(C)CNCCc1nnc(C2Cc3ccccc32)s1. The molecule has 2 aromatic rings. The van der Waals surface area contributed by atoms with E-state index in [0.29, 0.717) is 11.8 Å². The Hall–Kier alpha value is -1.26. The molecule has 1 N–H and O–H groups in total. The molecule has 0 bridgehead atoms. The molecule has 0 spiro atoms. The summed E-state index contributed by atoms with van der Waals surface area (Å²) >= 11 is 1.78. The Balaban J connectivity index is 1.56. The summed E-state index contributed by atoms with van der Waals surface area (Å²) in [6, 6.07) is 8.65. The van der Waals surface area contributed by atoms with E-state index in [4.69, 9.17) is 0 Å². The molecule has 0 saturated heterocycles. The van der Waals surface area contributed by atoms with Crippen LogP contribution in [0.2, 0.25) is 0 Å². The Morgan fingerprint density at radius 3 is 2.95 bits per heavy atom. The van der Waals surface area contributed by atoms with Crippen LogP contribution in [0.3, 0.4) is 0 Å². The first-order valence-electron chi connectivity index (χ1n) is 7.35. The molecule has 106 valence electrons. The van der Waals surface area contributed by atoms with Crippen molar-refractivity contribution in [2.75, 3.05) is 13.1 Å². The van der Waals surface area contributed by atoms with E-state index in [-0.39, 0.29) is 0 Å². The van der Waals surface area contributed by atoms with Crippen LogP contribution < -0.4 is 5.32 Å². The lowest BCUT2D eigenvalue weighted by atomic mass is 9.78. The highest BCUT2D eigenvalue weighted by atomic mass is 32.1. The van der Waals surface area contributed by atoms with Crippen molar-refractivity contribution in [1.82, 2.24) is 15.5 Å². The van der Waals surface area contributed by atoms with Gasteiger partial charge in [0.05, 0.1) is 0 Å². The highest BCUT2D eigenvalue weighted by molar-refractivity contribution is 7.11. The predicted octanol–water partition coefficient (Wildman–Crippen LogP) is 3.01. The van der Waals surface area contributed by atoms with E-state index < -0.39 is 0 Å². The zero-order chi connectivity index (χ0) is 13.9. The van der Waals surface area contributed by atoms with Gasteiger partial charge in [-0.1, -0.05) is 38.1 Å². The minimum atomic E-state index is 0.487. The molecule has 4 heteroatoms. The van der Waals surface area contributed by atoms with Gasteiger partial charge in [0.15, 0.2) is 0 Å². The van der Waals surface area contributed by atoms with E-state index in [1.54, 1.807) is 11.3 Å². The van der Waals surface area contributed by atoms with Gasteiger partial charge >= 0.3 is 0 Å². The molecule has 1 aromatic carbocycles. The summed E-state index contributed by atoms with van der Waals surface area (Å²) in [6.45, 7) is 6.52. The fraction of sp³-hybridized carbons (Fsp3) is 0.500. The topological polar surface area (TPSA) is 37.8 Å². The second kappa shape index (κ2) is 6.02. The van der Waals surface area contributed by atoms with Gasteiger partial charge in [0.2, 0.25) is 0 Å². The number of benzene rings is 1. The van der Waals surface area contributed by atoms with E-state index in [1.807, 2.05) is 0 Å². The number of nitrogens with zero attached hydrogens (tertiary/aromatic N) is 2. The number of aromatic nitrogens is 2. The molecule has 20 heavy (non-hydrogen) atoms. The molecular formula is C16H21N3S. The van der Waals surface area contributed by atoms with Gasteiger partial charge in [-0.05, 0) is 30.0 Å². The molecule has 0 saturated carbocycles. The fourth-order valence-electron chi connectivity index (χ4n) is 2.57. The normalized spacial score (nSPS) is 17.1. The summed E-state index contributed by atoms with van der Waals surface area (Å²) in [5.74, 6) is 1.19. The largest absolute Gasteiger partial charge is 0.316 e. The minimum Gasteiger partial charge on any atom is -0.316 e. The van der Waals surface area contributed by atoms with Gasteiger partial charge < -0.3 is 5.32 Å². The second-order valence-corrected chi connectivity index (χ2v) is 6.93. The van der Waals surface area contributed by atoms with Crippen LogP contribution in [0.4, 0.5) is 0 Å². The van der Waals surface area contributed by atoms with Crippen LogP contribution in [0.5, 0.6) is 0 Å². The second-order valence-electron chi connectivity index (χ2n) is 5.84. The van der Waals surface area contributed by atoms with Gasteiger partial charge in [-0.2, -0.15) is 0 Å². The van der Waals surface area contributed by atoms with E-state index in [2.05, 4.69) is 53.6 Å². The van der Waals surface area contributed by atoms with Gasteiger partial charge in [0.25, 0.3) is 0 Å². The molecule has 1 unspecified atom stereocenters. The molecule has 0 amide bonds. The van der Waals surface area contributed by atoms with E-state index in [9.17, 15) is 0 Å². The maximum Gasteiger partial charge on any atom is 0.125 e. The number of rotatable bonds is 6. The van der Waals surface area contributed by atoms with Crippen LogP contribution in [-0.4, -0.2) is 23.3 Å². The first-order valence-corrected chi connectivity index (χ1v) is 8.16. The zero-order valence-corrected chi connectivity index (χ0v) is 12.9. The highest BCUT2D eigenvalue weighted by Crippen LogP contribution is 2.40. The summed E-state index contributed by atoms with van der Waals surface area (Å²) in [7, 11) is 0. The molecule has 1 aromatic heterocycles. The number of fused-ring (bicyclic) bond motifs is 1. The van der Waals surface area contributed by atoms with Crippen molar-refractivity contribution in [3.05, 3.63) is 45.4 Å². The summed E-state index contributed by atoms with van der Waals surface area (Å²) in [5, 5.41) is 14.5. The third-order valence-electron chi connectivity index (χ3n) is 3.70. The van der Waals surface area contributed by atoms with Gasteiger partial charge in [0, 0.05) is 18.9 Å². The van der Waals surface area contributed by atoms with Crippen LogP contribution in [0.1, 0.15) is 40.9 Å². The van der Waals surface area contributed by atoms with Crippen LogP contribution in [-0.2, 0) is 12.8 Å². The molecule has 3 nitrogen and oxygen atoms in total. The van der Waals surface area contributed by atoms with E-state index in [0.717, 1.165) is 30.9 Å². The van der Waals surface area contributed by atoms with Crippen molar-refractivity contribution in [1.29, 1.82) is 0 Å². The van der Waals surface area contributed by atoms with Gasteiger partial charge in [-0.3, -0.25) is 0 Å². The molecule has 1 heterocycles. The van der Waals surface area contributed by atoms with Crippen molar-refractivity contribution in [2.45, 2.75) is 32.6 Å². The Morgan fingerprint density at radius 1 is 1.30 bits per heavy atom. The molecule has 3 rings (SSSR count). The number of hydrogen-bond acceptors (Lipinski definition) is 4. The van der Waals surface area contributed by atoms with Gasteiger partial charge in [0.1, 0.15) is 10.0 Å². The third-order valence-corrected chi connectivity index (χ3v) is 4.80. The molecule has 0 fully saturated rings. The van der Waals surface area contributed by atoms with E-state index >= 15 is 0 Å². The maximum absolute atomic E-state index is 4.39. The standard InChI is InChI=1S/C16H21N3S/c1-11(2)10-17-8-7-15-18-19-16(20-15)14-9-12-5-3-4-6-13(12)14/h3-6,11,14,17H,7-10H2,1-2H3. The Morgan fingerprint density at radius 2 is 2.15 bits per heavy atom. The van der Waals surface area contributed by atoms with Gasteiger partial charge in [-0.25, -0.2) is 0 Å². The third kappa shape index (κ3) is 2.91. The van der Waals surface area contributed by atoms with Crippen molar-refractivity contribution >= 4 is 11.3 Å². The first-order chi connectivity index (χ1) is 9.74. The van der Waals surface area contributed by atoms with Crippen LogP contribution >= 0.6 is 11.3 Å². The van der Waals surface area contributed by atoms with Crippen LogP contribution in [0, 0.1) is 5.92 Å². The zero-order valence-electron chi connectivity index (χ0n) is 12.1. The molecule has 1 atom stereocenters. The molecular weight excluding hydrogens is 266 g/mol. The number of nitrogens with one attached hydrogen (secondary N) is 1. The molecule has 1 aliphatic rings. The summed E-state index contributed by atoms with van der Waals surface area (Å²) in [6.07, 6.45) is 2.11. The lowest BCUT2D eigenvalue weighted by Gasteiger charge is -2.27. The first kappa shape index (κ1) is 13.7. The Kier molecular flexibility index (Phi) is 4.13. The highest BCUT2D eigenvalue weighted by Gasteiger charge is 2.29. The summed E-state index contributed by atoms with van der Waals surface area (Å²) < 4.78 is 0. The Labute approximate surface area is 124 Å². The minimum absolute atomic E-state index is 0.487. The molecule has 0 aliphatic heterocycles. The fourth-order valence-corrected chi connectivity index (χ4v) is 3.54. The number of hydrogen-bond donors (Lipinski definition) is 1. The van der Waals surface area contributed by atoms with Crippen molar-refractivity contribution < 1.29 is 0 Å². The van der Waals surface area contributed by atoms with Gasteiger partial charge in [-0.15, -0.1) is 21.5 Å². The quantitative estimate of drug-likeness (QED) is 0.830. The molecule has 0 radical (unpaired) electrons. The van der Waals surface area contributed by atoms with Crippen LogP contribution in [0.25, 0.3) is 0 Å². The lowest BCUT2D eigenvalue weighted by molar-refractivity contribution is 0.553. The van der Waals surface area contributed by atoms with Crippen LogP contribution in [0.15, 0.2) is 24.3 Å². The van der Waals surface area contributed by atoms with Crippen molar-refractivity contribution in [3.63, 3.8) is 0 Å². The molecule has 1 aliphatic carbocycles. The lowest BCUT2D eigenvalue weighted by Crippen LogP contribution is -2.22. The average molecular weight is 287 g/mol.